The van der Waals surface area contributed by atoms with Crippen LogP contribution in [0.2, 0.25) is 0 Å². The lowest BCUT2D eigenvalue weighted by Gasteiger charge is -2.19. The highest BCUT2D eigenvalue weighted by molar-refractivity contribution is 5.69. The Bertz CT molecular complexity index is 606. The fraction of sp³-hybridized carbons (Fsp3) is 0.476. The lowest BCUT2D eigenvalue weighted by atomic mass is 9.87. The molecule has 2 aromatic rings. The van der Waals surface area contributed by atoms with E-state index in [2.05, 4.69) is 63.9 Å². The maximum atomic E-state index is 6.15. The van der Waals surface area contributed by atoms with E-state index in [1.807, 2.05) is 18.5 Å². The van der Waals surface area contributed by atoms with Crippen LogP contribution in [0.3, 0.4) is 0 Å². The van der Waals surface area contributed by atoms with E-state index in [-0.39, 0.29) is 6.10 Å². The Morgan fingerprint density at radius 3 is 2.22 bits per heavy atom. The first-order valence-electron chi connectivity index (χ1n) is 8.63. The molecule has 0 aliphatic rings. The summed E-state index contributed by atoms with van der Waals surface area (Å²) in [5.74, 6) is 0.879. The molecule has 0 aliphatic carbocycles. The summed E-state index contributed by atoms with van der Waals surface area (Å²) < 4.78 is 6.15. The average Bonchev–Trinajstić information content (AvgIpc) is 2.52. The van der Waals surface area contributed by atoms with Crippen LogP contribution in [0.4, 0.5) is 0 Å². The fourth-order valence-corrected chi connectivity index (χ4v) is 2.76. The number of nitrogens with zero attached hydrogens (tertiary/aromatic N) is 1. The van der Waals surface area contributed by atoms with Crippen molar-refractivity contribution in [2.75, 3.05) is 0 Å². The number of benzene rings is 1. The van der Waals surface area contributed by atoms with E-state index in [0.29, 0.717) is 5.41 Å². The number of pyridine rings is 1. The van der Waals surface area contributed by atoms with Crippen LogP contribution in [0.5, 0.6) is 5.75 Å². The Morgan fingerprint density at radius 1 is 1.00 bits per heavy atom. The van der Waals surface area contributed by atoms with Crippen LogP contribution >= 0.6 is 0 Å². The van der Waals surface area contributed by atoms with Gasteiger partial charge in [-0.15, -0.1) is 0 Å². The van der Waals surface area contributed by atoms with Gasteiger partial charge in [0.15, 0.2) is 0 Å². The molecule has 1 aromatic carbocycles. The number of aromatic nitrogens is 1. The highest BCUT2D eigenvalue weighted by atomic mass is 16.5. The van der Waals surface area contributed by atoms with Crippen molar-refractivity contribution in [3.05, 3.63) is 48.3 Å². The summed E-state index contributed by atoms with van der Waals surface area (Å²) in [6, 6.07) is 10.9. The molecule has 0 spiro atoms. The molecule has 2 heteroatoms. The van der Waals surface area contributed by atoms with E-state index in [9.17, 15) is 0 Å². The highest BCUT2D eigenvalue weighted by Crippen LogP contribution is 2.31. The molecule has 0 N–H and O–H groups in total. The Morgan fingerprint density at radius 2 is 1.65 bits per heavy atom. The molecule has 0 fully saturated rings. The van der Waals surface area contributed by atoms with Crippen molar-refractivity contribution < 1.29 is 4.74 Å². The van der Waals surface area contributed by atoms with Crippen LogP contribution in [0.1, 0.15) is 53.0 Å². The molecule has 1 heterocycles. The first kappa shape index (κ1) is 17.5. The predicted octanol–water partition coefficient (Wildman–Crippen LogP) is 5.90. The minimum absolute atomic E-state index is 0.248. The van der Waals surface area contributed by atoms with E-state index in [1.165, 1.54) is 11.1 Å². The van der Waals surface area contributed by atoms with E-state index in [0.717, 1.165) is 30.6 Å². The van der Waals surface area contributed by atoms with Crippen LogP contribution in [0, 0.1) is 5.41 Å². The molecule has 0 bridgehead atoms. The normalized spacial score (nSPS) is 11.7. The molecule has 0 atom stereocenters. The molecule has 2 nitrogen and oxygen atoms in total. The zero-order chi connectivity index (χ0) is 16.9. The Balaban J connectivity index is 2.25. The topological polar surface area (TPSA) is 22.1 Å². The predicted molar refractivity (Wildman–Crippen MR) is 97.8 cm³/mol. The highest BCUT2D eigenvalue weighted by Gasteiger charge is 2.13. The molecule has 0 radical (unpaired) electrons. The smallest absolute Gasteiger partial charge is 0.145 e. The minimum Gasteiger partial charge on any atom is -0.488 e. The van der Waals surface area contributed by atoms with Crippen molar-refractivity contribution in [3.8, 4) is 16.9 Å². The maximum Gasteiger partial charge on any atom is 0.145 e. The van der Waals surface area contributed by atoms with Gasteiger partial charge in [0.05, 0.1) is 12.3 Å². The van der Waals surface area contributed by atoms with Gasteiger partial charge in [-0.3, -0.25) is 4.98 Å². The summed E-state index contributed by atoms with van der Waals surface area (Å²) in [5, 5.41) is 0. The molecular formula is C21H29NO. The lowest BCUT2D eigenvalue weighted by molar-refractivity contribution is 0.193. The second-order valence-corrected chi connectivity index (χ2v) is 7.36. The molecular weight excluding hydrogens is 282 g/mol. The van der Waals surface area contributed by atoms with Gasteiger partial charge in [-0.05, 0) is 41.9 Å². The Kier molecular flexibility index (Phi) is 5.81. The van der Waals surface area contributed by atoms with Crippen molar-refractivity contribution in [1.82, 2.24) is 4.98 Å². The van der Waals surface area contributed by atoms with Crippen molar-refractivity contribution >= 4 is 0 Å². The summed E-state index contributed by atoms with van der Waals surface area (Å²) in [6.07, 6.45) is 7.01. The molecule has 0 amide bonds. The van der Waals surface area contributed by atoms with Gasteiger partial charge in [0, 0.05) is 11.8 Å². The number of rotatable bonds is 6. The zero-order valence-electron chi connectivity index (χ0n) is 15.1. The monoisotopic (exact) mass is 311 g/mol. The molecule has 124 valence electrons. The molecule has 0 unspecified atom stereocenters. The number of hydrogen-bond donors (Lipinski definition) is 0. The summed E-state index contributed by atoms with van der Waals surface area (Å²) in [5.41, 5.74) is 3.99. The Labute approximate surface area is 140 Å². The second kappa shape index (κ2) is 7.63. The maximum absolute atomic E-state index is 6.15. The van der Waals surface area contributed by atoms with Gasteiger partial charge in [-0.25, -0.2) is 0 Å². The first-order chi connectivity index (χ1) is 10.9. The minimum atomic E-state index is 0.248. The van der Waals surface area contributed by atoms with Crippen molar-refractivity contribution in [2.45, 2.75) is 60.0 Å². The van der Waals surface area contributed by atoms with E-state index >= 15 is 0 Å². The number of hydrogen-bond acceptors (Lipinski definition) is 2. The quantitative estimate of drug-likeness (QED) is 0.662. The van der Waals surface area contributed by atoms with Crippen molar-refractivity contribution in [2.24, 2.45) is 5.41 Å². The molecule has 0 saturated heterocycles. The first-order valence-corrected chi connectivity index (χ1v) is 8.63. The largest absolute Gasteiger partial charge is 0.488 e. The summed E-state index contributed by atoms with van der Waals surface area (Å²) in [7, 11) is 0. The van der Waals surface area contributed by atoms with E-state index in [4.69, 9.17) is 4.74 Å². The third-order valence-corrected chi connectivity index (χ3v) is 3.99. The van der Waals surface area contributed by atoms with Crippen molar-refractivity contribution in [1.29, 1.82) is 0 Å². The zero-order valence-corrected chi connectivity index (χ0v) is 15.1. The van der Waals surface area contributed by atoms with E-state index in [1.54, 1.807) is 0 Å². The average molecular weight is 311 g/mol. The second-order valence-electron chi connectivity index (χ2n) is 7.36. The third-order valence-electron chi connectivity index (χ3n) is 3.99. The van der Waals surface area contributed by atoms with Crippen LogP contribution in [0.15, 0.2) is 42.7 Å². The Hall–Kier alpha value is -1.83. The van der Waals surface area contributed by atoms with Gasteiger partial charge in [-0.1, -0.05) is 58.9 Å². The SMILES string of the molecule is CCC(CC)Oc1cnccc1-c1ccc(CC(C)(C)C)cc1. The van der Waals surface area contributed by atoms with Crippen LogP contribution in [0.25, 0.3) is 11.1 Å². The van der Waals surface area contributed by atoms with Crippen LogP contribution in [-0.4, -0.2) is 11.1 Å². The van der Waals surface area contributed by atoms with Gasteiger partial charge in [0.1, 0.15) is 5.75 Å². The molecule has 2 rings (SSSR count). The van der Waals surface area contributed by atoms with Gasteiger partial charge < -0.3 is 4.74 Å². The summed E-state index contributed by atoms with van der Waals surface area (Å²) >= 11 is 0. The molecule has 0 saturated carbocycles. The summed E-state index contributed by atoms with van der Waals surface area (Å²) in [6.45, 7) is 11.1. The van der Waals surface area contributed by atoms with Gasteiger partial charge in [0.2, 0.25) is 0 Å². The summed E-state index contributed by atoms with van der Waals surface area (Å²) in [4.78, 5) is 4.23. The fourth-order valence-electron chi connectivity index (χ4n) is 2.76. The van der Waals surface area contributed by atoms with Gasteiger partial charge in [0.25, 0.3) is 0 Å². The van der Waals surface area contributed by atoms with Crippen LogP contribution < -0.4 is 4.74 Å². The molecule has 0 aliphatic heterocycles. The van der Waals surface area contributed by atoms with Crippen LogP contribution in [-0.2, 0) is 6.42 Å². The molecule has 23 heavy (non-hydrogen) atoms. The standard InChI is InChI=1S/C21H29NO/c1-6-18(7-2)23-20-15-22-13-12-19(20)17-10-8-16(9-11-17)14-21(3,4)5/h8-13,15,18H,6-7,14H2,1-5H3. The van der Waals surface area contributed by atoms with Gasteiger partial charge >= 0.3 is 0 Å². The third kappa shape index (κ3) is 5.09. The lowest BCUT2D eigenvalue weighted by Crippen LogP contribution is -2.14. The van der Waals surface area contributed by atoms with E-state index < -0.39 is 0 Å². The van der Waals surface area contributed by atoms with Crippen molar-refractivity contribution in [3.63, 3.8) is 0 Å². The van der Waals surface area contributed by atoms with Gasteiger partial charge in [-0.2, -0.15) is 0 Å². The number of ether oxygens (including phenoxy) is 1. The molecule has 1 aromatic heterocycles.